The van der Waals surface area contributed by atoms with E-state index in [1.807, 2.05) is 0 Å². The minimum Gasteiger partial charge on any atom is -0.447 e. The van der Waals surface area contributed by atoms with Gasteiger partial charge in [-0.1, -0.05) is 25.2 Å². The van der Waals surface area contributed by atoms with E-state index in [-0.39, 0.29) is 5.97 Å². The summed E-state index contributed by atoms with van der Waals surface area (Å²) in [6.07, 6.45) is 3.12. The van der Waals surface area contributed by atoms with Crippen molar-refractivity contribution in [2.24, 2.45) is 0 Å². The van der Waals surface area contributed by atoms with E-state index in [0.29, 0.717) is 0 Å². The SMILES string of the molecule is CCCCC#CC(C)(C)OC(C)=O. The van der Waals surface area contributed by atoms with Crippen molar-refractivity contribution in [3.05, 3.63) is 0 Å². The lowest BCUT2D eigenvalue weighted by molar-refractivity contribution is -0.148. The number of carbonyl (C=O) groups is 1. The van der Waals surface area contributed by atoms with Crippen LogP contribution >= 0.6 is 0 Å². The number of ether oxygens (including phenoxy) is 1. The molecular formula is C11H18O2. The predicted octanol–water partition coefficient (Wildman–Crippen LogP) is 2.52. The largest absolute Gasteiger partial charge is 0.447 e. The van der Waals surface area contributed by atoms with Crippen molar-refractivity contribution in [1.29, 1.82) is 0 Å². The number of esters is 1. The van der Waals surface area contributed by atoms with Crippen LogP contribution in [0.2, 0.25) is 0 Å². The standard InChI is InChI=1S/C11H18O2/c1-5-6-7-8-9-11(3,4)13-10(2)12/h5-7H2,1-4H3. The first-order valence-electron chi connectivity index (χ1n) is 4.67. The van der Waals surface area contributed by atoms with Gasteiger partial charge in [-0.05, 0) is 20.3 Å². The van der Waals surface area contributed by atoms with E-state index in [1.165, 1.54) is 6.92 Å². The minimum atomic E-state index is -0.639. The first-order chi connectivity index (χ1) is 5.98. The summed E-state index contributed by atoms with van der Waals surface area (Å²) in [6.45, 7) is 7.12. The monoisotopic (exact) mass is 182 g/mol. The summed E-state index contributed by atoms with van der Waals surface area (Å²) in [6, 6.07) is 0. The van der Waals surface area contributed by atoms with Gasteiger partial charge in [-0.15, -0.1) is 0 Å². The predicted molar refractivity (Wildman–Crippen MR) is 53.1 cm³/mol. The molecule has 0 N–H and O–H groups in total. The summed E-state index contributed by atoms with van der Waals surface area (Å²) in [5.41, 5.74) is -0.639. The van der Waals surface area contributed by atoms with E-state index in [2.05, 4.69) is 18.8 Å². The molecule has 0 heterocycles. The first kappa shape index (κ1) is 12.0. The molecule has 2 heteroatoms. The third-order valence-electron chi connectivity index (χ3n) is 1.44. The fraction of sp³-hybridized carbons (Fsp3) is 0.727. The van der Waals surface area contributed by atoms with Gasteiger partial charge in [-0.3, -0.25) is 4.79 Å². The molecule has 0 aliphatic rings. The van der Waals surface area contributed by atoms with Crippen LogP contribution in [0.4, 0.5) is 0 Å². The molecule has 0 saturated carbocycles. The van der Waals surface area contributed by atoms with Gasteiger partial charge in [0.25, 0.3) is 0 Å². The van der Waals surface area contributed by atoms with E-state index in [1.54, 1.807) is 13.8 Å². The molecule has 74 valence electrons. The van der Waals surface area contributed by atoms with Gasteiger partial charge in [-0.25, -0.2) is 0 Å². The maximum absolute atomic E-state index is 10.7. The average Bonchev–Trinajstić information content (AvgIpc) is 1.95. The summed E-state index contributed by atoms with van der Waals surface area (Å²) >= 11 is 0. The van der Waals surface area contributed by atoms with Crippen LogP contribution in [0.1, 0.15) is 47.0 Å². The Hall–Kier alpha value is -0.970. The molecule has 2 nitrogen and oxygen atoms in total. The number of hydrogen-bond acceptors (Lipinski definition) is 2. The van der Waals surface area contributed by atoms with Crippen molar-refractivity contribution in [2.45, 2.75) is 52.6 Å². The lowest BCUT2D eigenvalue weighted by Crippen LogP contribution is -2.24. The number of unbranched alkanes of at least 4 members (excludes halogenated alkanes) is 2. The van der Waals surface area contributed by atoms with Crippen LogP contribution in [-0.4, -0.2) is 11.6 Å². The van der Waals surface area contributed by atoms with Crippen molar-refractivity contribution in [2.75, 3.05) is 0 Å². The Morgan fingerprint density at radius 2 is 2.08 bits per heavy atom. The lowest BCUT2D eigenvalue weighted by Gasteiger charge is -2.16. The van der Waals surface area contributed by atoms with Crippen LogP contribution < -0.4 is 0 Å². The molecule has 0 spiro atoms. The van der Waals surface area contributed by atoms with Crippen molar-refractivity contribution in [1.82, 2.24) is 0 Å². The average molecular weight is 182 g/mol. The van der Waals surface area contributed by atoms with Gasteiger partial charge in [0, 0.05) is 13.3 Å². The summed E-state index contributed by atoms with van der Waals surface area (Å²) in [7, 11) is 0. The molecule has 0 fully saturated rings. The van der Waals surface area contributed by atoms with Crippen molar-refractivity contribution >= 4 is 5.97 Å². The quantitative estimate of drug-likeness (QED) is 0.381. The molecule has 13 heavy (non-hydrogen) atoms. The topological polar surface area (TPSA) is 26.3 Å². The third-order valence-corrected chi connectivity index (χ3v) is 1.44. The van der Waals surface area contributed by atoms with Crippen LogP contribution in [-0.2, 0) is 9.53 Å². The Morgan fingerprint density at radius 1 is 1.46 bits per heavy atom. The van der Waals surface area contributed by atoms with Crippen LogP contribution in [0.3, 0.4) is 0 Å². The first-order valence-corrected chi connectivity index (χ1v) is 4.67. The Balaban J connectivity index is 3.96. The van der Waals surface area contributed by atoms with E-state index in [9.17, 15) is 4.79 Å². The van der Waals surface area contributed by atoms with E-state index in [0.717, 1.165) is 19.3 Å². The maximum Gasteiger partial charge on any atom is 0.304 e. The molecule has 0 unspecified atom stereocenters. The zero-order valence-corrected chi connectivity index (χ0v) is 8.94. The van der Waals surface area contributed by atoms with Gasteiger partial charge in [0.1, 0.15) is 0 Å². The Labute approximate surface area is 80.7 Å². The van der Waals surface area contributed by atoms with Crippen LogP contribution in [0.5, 0.6) is 0 Å². The van der Waals surface area contributed by atoms with Gasteiger partial charge in [0.2, 0.25) is 0 Å². The van der Waals surface area contributed by atoms with E-state index < -0.39 is 5.60 Å². The van der Waals surface area contributed by atoms with Crippen molar-refractivity contribution in [3.8, 4) is 11.8 Å². The van der Waals surface area contributed by atoms with Gasteiger partial charge in [-0.2, -0.15) is 0 Å². The molecule has 0 aliphatic carbocycles. The zero-order valence-electron chi connectivity index (χ0n) is 8.94. The fourth-order valence-corrected chi connectivity index (χ4v) is 0.925. The van der Waals surface area contributed by atoms with E-state index >= 15 is 0 Å². The molecule has 0 rings (SSSR count). The summed E-state index contributed by atoms with van der Waals surface area (Å²) in [5, 5.41) is 0. The molecule has 0 aromatic rings. The summed E-state index contributed by atoms with van der Waals surface area (Å²) in [4.78, 5) is 10.7. The maximum atomic E-state index is 10.7. The van der Waals surface area contributed by atoms with Gasteiger partial charge >= 0.3 is 5.97 Å². The van der Waals surface area contributed by atoms with Crippen LogP contribution in [0.25, 0.3) is 0 Å². The second kappa shape index (κ2) is 5.64. The molecular weight excluding hydrogens is 164 g/mol. The van der Waals surface area contributed by atoms with Gasteiger partial charge in [0.15, 0.2) is 5.60 Å². The fourth-order valence-electron chi connectivity index (χ4n) is 0.925. The second-order valence-corrected chi connectivity index (χ2v) is 3.51. The Bertz CT molecular complexity index is 218. The van der Waals surface area contributed by atoms with E-state index in [4.69, 9.17) is 4.74 Å². The number of hydrogen-bond donors (Lipinski definition) is 0. The van der Waals surface area contributed by atoms with Crippen molar-refractivity contribution in [3.63, 3.8) is 0 Å². The van der Waals surface area contributed by atoms with Crippen LogP contribution in [0, 0.1) is 11.8 Å². The minimum absolute atomic E-state index is 0.283. The smallest absolute Gasteiger partial charge is 0.304 e. The highest BCUT2D eigenvalue weighted by molar-refractivity contribution is 5.66. The van der Waals surface area contributed by atoms with Gasteiger partial charge in [0.05, 0.1) is 0 Å². The number of rotatable bonds is 3. The zero-order chi connectivity index (χ0) is 10.3. The highest BCUT2D eigenvalue weighted by Gasteiger charge is 2.16. The Kier molecular flexibility index (Phi) is 5.22. The van der Waals surface area contributed by atoms with Gasteiger partial charge < -0.3 is 4.74 Å². The number of carbonyl (C=O) groups excluding carboxylic acids is 1. The second-order valence-electron chi connectivity index (χ2n) is 3.51. The molecule has 0 aromatic carbocycles. The Morgan fingerprint density at radius 3 is 2.54 bits per heavy atom. The molecule has 0 aromatic heterocycles. The summed E-state index contributed by atoms with van der Waals surface area (Å²) in [5.74, 6) is 5.65. The highest BCUT2D eigenvalue weighted by atomic mass is 16.6. The highest BCUT2D eigenvalue weighted by Crippen LogP contribution is 2.07. The van der Waals surface area contributed by atoms with Crippen molar-refractivity contribution < 1.29 is 9.53 Å². The molecule has 0 bridgehead atoms. The van der Waals surface area contributed by atoms with Crippen LogP contribution in [0.15, 0.2) is 0 Å². The molecule has 0 aliphatic heterocycles. The summed E-state index contributed by atoms with van der Waals surface area (Å²) < 4.78 is 5.01. The molecule has 0 radical (unpaired) electrons. The third kappa shape index (κ3) is 7.39. The lowest BCUT2D eigenvalue weighted by atomic mass is 10.1. The molecule has 0 saturated heterocycles. The molecule has 0 amide bonds. The normalized spacial score (nSPS) is 10.2. The molecule has 0 atom stereocenters.